The van der Waals surface area contributed by atoms with Crippen molar-refractivity contribution < 1.29 is 13.7 Å². The minimum atomic E-state index is -0.886. The minimum absolute atomic E-state index is 0.155. The Morgan fingerprint density at radius 3 is 2.83 bits per heavy atom. The molecule has 2 fully saturated rings. The molecule has 2 amide bonds. The molecular weight excluding hydrogens is 312 g/mol. The van der Waals surface area contributed by atoms with Crippen LogP contribution in [-0.4, -0.2) is 45.3 Å². The number of nitrogens with zero attached hydrogens (tertiary/aromatic N) is 1. The minimum Gasteiger partial charge on any atom is -0.491 e. The van der Waals surface area contributed by atoms with Crippen LogP contribution in [0.3, 0.4) is 0 Å². The Balaban J connectivity index is 1.64. The van der Waals surface area contributed by atoms with Crippen LogP contribution in [0.2, 0.25) is 0 Å². The number of hydrogen-bond donors (Lipinski definition) is 1. The van der Waals surface area contributed by atoms with Crippen LogP contribution in [0.1, 0.15) is 26.7 Å². The van der Waals surface area contributed by atoms with Crippen molar-refractivity contribution in [2.75, 3.05) is 30.8 Å². The third-order valence-electron chi connectivity index (χ3n) is 4.32. The molecule has 1 aromatic carbocycles. The molecule has 0 bridgehead atoms. The van der Waals surface area contributed by atoms with E-state index in [1.165, 1.54) is 12.8 Å². The van der Waals surface area contributed by atoms with Gasteiger partial charge < -0.3 is 15.0 Å². The number of benzene rings is 1. The molecule has 0 radical (unpaired) electrons. The van der Waals surface area contributed by atoms with E-state index in [1.807, 2.05) is 38.1 Å². The van der Waals surface area contributed by atoms with Gasteiger partial charge in [0.2, 0.25) is 0 Å². The van der Waals surface area contributed by atoms with Gasteiger partial charge in [0.05, 0.1) is 17.0 Å². The first-order valence-corrected chi connectivity index (χ1v) is 9.44. The average Bonchev–Trinajstić information content (AvgIpc) is 3.33. The molecule has 0 spiro atoms. The van der Waals surface area contributed by atoms with Crippen LogP contribution in [-0.2, 0) is 10.8 Å². The fourth-order valence-electron chi connectivity index (χ4n) is 2.64. The van der Waals surface area contributed by atoms with E-state index in [9.17, 15) is 9.00 Å². The zero-order chi connectivity index (χ0) is 16.4. The molecule has 0 aromatic heterocycles. The van der Waals surface area contributed by atoms with Gasteiger partial charge in [-0.1, -0.05) is 12.1 Å². The van der Waals surface area contributed by atoms with E-state index in [0.29, 0.717) is 42.8 Å². The Bertz CT molecular complexity index is 614. The number of nitrogens with one attached hydrogen (secondary N) is 1. The standard InChI is InChI=1S/C17H24N2O3S/c1-17(2)12-19(9-10-23(17)21)16(20)18-14-5-3-4-6-15(14)22-11-13-7-8-13/h3-6,13H,7-12H2,1-2H3,(H,18,20)/t23-/m0/s1. The average molecular weight is 336 g/mol. The molecule has 0 unspecified atom stereocenters. The van der Waals surface area contributed by atoms with E-state index >= 15 is 0 Å². The first-order valence-electron chi connectivity index (χ1n) is 8.12. The van der Waals surface area contributed by atoms with Gasteiger partial charge in [-0.2, -0.15) is 0 Å². The molecule has 1 saturated heterocycles. The molecule has 6 heteroatoms. The summed E-state index contributed by atoms with van der Waals surface area (Å²) in [4.78, 5) is 14.3. The number of hydrogen-bond acceptors (Lipinski definition) is 3. The van der Waals surface area contributed by atoms with Crippen LogP contribution in [0.4, 0.5) is 10.5 Å². The number of ether oxygens (including phenoxy) is 1. The van der Waals surface area contributed by atoms with Gasteiger partial charge in [0.15, 0.2) is 0 Å². The van der Waals surface area contributed by atoms with E-state index in [0.717, 1.165) is 0 Å². The molecule has 1 saturated carbocycles. The molecule has 5 nitrogen and oxygen atoms in total. The van der Waals surface area contributed by atoms with Crippen molar-refractivity contribution in [1.82, 2.24) is 4.90 Å². The summed E-state index contributed by atoms with van der Waals surface area (Å²) < 4.78 is 17.4. The van der Waals surface area contributed by atoms with Crippen molar-refractivity contribution in [2.24, 2.45) is 5.92 Å². The number of anilines is 1. The van der Waals surface area contributed by atoms with Crippen molar-refractivity contribution >= 4 is 22.5 Å². The second-order valence-electron chi connectivity index (χ2n) is 6.91. The van der Waals surface area contributed by atoms with E-state index in [4.69, 9.17) is 4.74 Å². The summed E-state index contributed by atoms with van der Waals surface area (Å²) in [5.74, 6) is 1.91. The van der Waals surface area contributed by atoms with E-state index < -0.39 is 10.8 Å². The lowest BCUT2D eigenvalue weighted by Crippen LogP contribution is -2.53. The summed E-state index contributed by atoms with van der Waals surface area (Å²) >= 11 is 0. The predicted molar refractivity (Wildman–Crippen MR) is 92.3 cm³/mol. The van der Waals surface area contributed by atoms with Crippen LogP contribution in [0.5, 0.6) is 5.75 Å². The molecule has 2 aliphatic rings. The monoisotopic (exact) mass is 336 g/mol. The van der Waals surface area contributed by atoms with Crippen LogP contribution < -0.4 is 10.1 Å². The molecule has 1 atom stereocenters. The topological polar surface area (TPSA) is 58.6 Å². The van der Waals surface area contributed by atoms with E-state index in [2.05, 4.69) is 5.32 Å². The predicted octanol–water partition coefficient (Wildman–Crippen LogP) is 2.85. The fourth-order valence-corrected chi connectivity index (χ4v) is 3.87. The van der Waals surface area contributed by atoms with Crippen molar-refractivity contribution in [3.05, 3.63) is 24.3 Å². The van der Waals surface area contributed by atoms with Gasteiger partial charge in [-0.15, -0.1) is 0 Å². The van der Waals surface area contributed by atoms with Crippen molar-refractivity contribution in [3.8, 4) is 5.75 Å². The largest absolute Gasteiger partial charge is 0.491 e. The fraction of sp³-hybridized carbons (Fsp3) is 0.588. The highest BCUT2D eigenvalue weighted by Crippen LogP contribution is 2.32. The maximum absolute atomic E-state index is 12.5. The van der Waals surface area contributed by atoms with Crippen LogP contribution in [0.15, 0.2) is 24.3 Å². The highest BCUT2D eigenvalue weighted by Gasteiger charge is 2.35. The second-order valence-corrected chi connectivity index (χ2v) is 9.12. The van der Waals surface area contributed by atoms with Gasteiger partial charge >= 0.3 is 6.03 Å². The zero-order valence-corrected chi connectivity index (χ0v) is 14.5. The Morgan fingerprint density at radius 2 is 2.13 bits per heavy atom. The third kappa shape index (κ3) is 4.05. The number of urea groups is 1. The van der Waals surface area contributed by atoms with E-state index in [1.54, 1.807) is 4.90 Å². The molecule has 1 aliphatic carbocycles. The number of amides is 2. The molecular formula is C17H24N2O3S. The molecule has 1 N–H and O–H groups in total. The summed E-state index contributed by atoms with van der Waals surface area (Å²) in [6.45, 7) is 5.61. The first kappa shape index (κ1) is 16.3. The Morgan fingerprint density at radius 1 is 1.39 bits per heavy atom. The zero-order valence-electron chi connectivity index (χ0n) is 13.7. The van der Waals surface area contributed by atoms with Gasteiger partial charge in [0, 0.05) is 29.6 Å². The van der Waals surface area contributed by atoms with Gasteiger partial charge in [-0.05, 0) is 44.7 Å². The van der Waals surface area contributed by atoms with Crippen molar-refractivity contribution in [2.45, 2.75) is 31.4 Å². The lowest BCUT2D eigenvalue weighted by molar-refractivity contribution is 0.207. The summed E-state index contributed by atoms with van der Waals surface area (Å²) in [5, 5.41) is 2.94. The number of carbonyl (C=O) groups is 1. The third-order valence-corrected chi connectivity index (χ3v) is 6.24. The Labute approximate surface area is 139 Å². The lowest BCUT2D eigenvalue weighted by atomic mass is 10.2. The van der Waals surface area contributed by atoms with Crippen LogP contribution in [0, 0.1) is 5.92 Å². The quantitative estimate of drug-likeness (QED) is 0.920. The molecule has 1 heterocycles. The van der Waals surface area contributed by atoms with Crippen molar-refractivity contribution in [1.29, 1.82) is 0 Å². The highest BCUT2D eigenvalue weighted by atomic mass is 32.2. The van der Waals surface area contributed by atoms with E-state index in [-0.39, 0.29) is 10.8 Å². The summed E-state index contributed by atoms with van der Waals surface area (Å²) in [5.41, 5.74) is 0.697. The number of carbonyl (C=O) groups excluding carboxylic acids is 1. The number of para-hydroxylation sites is 2. The van der Waals surface area contributed by atoms with Crippen LogP contribution in [0.25, 0.3) is 0 Å². The molecule has 126 valence electrons. The molecule has 3 rings (SSSR count). The van der Waals surface area contributed by atoms with Gasteiger partial charge in [0.1, 0.15) is 5.75 Å². The summed E-state index contributed by atoms with van der Waals surface area (Å²) in [6, 6.07) is 7.37. The smallest absolute Gasteiger partial charge is 0.322 e. The van der Waals surface area contributed by atoms with Crippen molar-refractivity contribution in [3.63, 3.8) is 0 Å². The Kier molecular flexibility index (Phi) is 4.62. The van der Waals surface area contributed by atoms with Crippen LogP contribution >= 0.6 is 0 Å². The lowest BCUT2D eigenvalue weighted by Gasteiger charge is -2.37. The highest BCUT2D eigenvalue weighted by molar-refractivity contribution is 7.86. The van der Waals surface area contributed by atoms with Gasteiger partial charge in [0.25, 0.3) is 0 Å². The number of rotatable bonds is 4. The molecule has 23 heavy (non-hydrogen) atoms. The van der Waals surface area contributed by atoms with Gasteiger partial charge in [-0.3, -0.25) is 4.21 Å². The second kappa shape index (κ2) is 6.51. The SMILES string of the molecule is CC1(C)CN(C(=O)Nc2ccccc2OCC2CC2)CC[S@@]1=O. The van der Waals surface area contributed by atoms with Gasteiger partial charge in [-0.25, -0.2) is 4.79 Å². The Hall–Kier alpha value is -1.56. The molecule has 1 aliphatic heterocycles. The summed E-state index contributed by atoms with van der Waals surface area (Å²) in [7, 11) is -0.886. The molecule has 1 aromatic rings. The maximum Gasteiger partial charge on any atom is 0.322 e. The maximum atomic E-state index is 12.5. The summed E-state index contributed by atoms with van der Waals surface area (Å²) in [6.07, 6.45) is 2.46. The normalized spacial score (nSPS) is 23.4. The first-order chi connectivity index (χ1) is 11.0.